The summed E-state index contributed by atoms with van der Waals surface area (Å²) >= 11 is 0. The quantitative estimate of drug-likeness (QED) is 0.886. The van der Waals surface area contributed by atoms with Gasteiger partial charge in [0, 0.05) is 30.8 Å². The second kappa shape index (κ2) is 7.07. The van der Waals surface area contributed by atoms with Crippen molar-refractivity contribution in [1.82, 2.24) is 14.9 Å². The van der Waals surface area contributed by atoms with Crippen molar-refractivity contribution in [3.63, 3.8) is 0 Å². The molecule has 0 bridgehead atoms. The van der Waals surface area contributed by atoms with Crippen LogP contribution in [0.1, 0.15) is 42.6 Å². The van der Waals surface area contributed by atoms with Gasteiger partial charge in [0.1, 0.15) is 6.04 Å². The zero-order chi connectivity index (χ0) is 15.2. The van der Waals surface area contributed by atoms with Crippen molar-refractivity contribution >= 4 is 5.91 Å². The summed E-state index contributed by atoms with van der Waals surface area (Å²) in [6.07, 6.45) is 7.54. The van der Waals surface area contributed by atoms with E-state index in [0.29, 0.717) is 6.54 Å². The summed E-state index contributed by atoms with van der Waals surface area (Å²) < 4.78 is 1.97. The molecular formula is C17H23N3O. The van der Waals surface area contributed by atoms with Crippen LogP contribution in [0.3, 0.4) is 0 Å². The third kappa shape index (κ3) is 3.94. The van der Waals surface area contributed by atoms with Crippen LogP contribution >= 0.6 is 0 Å². The fourth-order valence-electron chi connectivity index (χ4n) is 2.45. The summed E-state index contributed by atoms with van der Waals surface area (Å²) in [5, 5.41) is 3.03. The Labute approximate surface area is 126 Å². The molecule has 2 heterocycles. The first kappa shape index (κ1) is 15.3. The number of pyridine rings is 1. The highest BCUT2D eigenvalue weighted by Gasteiger charge is 2.18. The maximum atomic E-state index is 12.4. The molecule has 4 nitrogen and oxygen atoms in total. The van der Waals surface area contributed by atoms with E-state index in [1.807, 2.05) is 55.2 Å². The van der Waals surface area contributed by atoms with Crippen LogP contribution in [-0.2, 0) is 11.3 Å². The number of hydrogen-bond donors (Lipinski definition) is 1. The SMILES string of the molecule is CCCC(C(=O)NCc1cnc(C)cc1C)n1cccc1. The second-order valence-corrected chi connectivity index (χ2v) is 5.40. The van der Waals surface area contributed by atoms with E-state index in [1.165, 1.54) is 0 Å². The van der Waals surface area contributed by atoms with E-state index in [-0.39, 0.29) is 11.9 Å². The number of carbonyl (C=O) groups is 1. The van der Waals surface area contributed by atoms with E-state index >= 15 is 0 Å². The lowest BCUT2D eigenvalue weighted by Gasteiger charge is -2.18. The van der Waals surface area contributed by atoms with Gasteiger partial charge in [0.25, 0.3) is 0 Å². The Morgan fingerprint density at radius 1 is 1.33 bits per heavy atom. The van der Waals surface area contributed by atoms with Crippen LogP contribution in [0.2, 0.25) is 0 Å². The highest BCUT2D eigenvalue weighted by Crippen LogP contribution is 2.15. The van der Waals surface area contributed by atoms with Gasteiger partial charge in [-0.1, -0.05) is 13.3 Å². The van der Waals surface area contributed by atoms with Crippen molar-refractivity contribution in [3.8, 4) is 0 Å². The molecule has 0 saturated carbocycles. The van der Waals surface area contributed by atoms with Crippen LogP contribution in [0.4, 0.5) is 0 Å². The van der Waals surface area contributed by atoms with Crippen molar-refractivity contribution in [1.29, 1.82) is 0 Å². The number of nitrogens with one attached hydrogen (secondary N) is 1. The normalized spacial score (nSPS) is 12.1. The number of aryl methyl sites for hydroxylation is 2. The van der Waals surface area contributed by atoms with Crippen LogP contribution < -0.4 is 5.32 Å². The molecule has 4 heteroatoms. The van der Waals surface area contributed by atoms with Crippen LogP contribution in [0.15, 0.2) is 36.8 Å². The molecule has 0 spiro atoms. The van der Waals surface area contributed by atoms with Gasteiger partial charge < -0.3 is 9.88 Å². The van der Waals surface area contributed by atoms with E-state index in [1.54, 1.807) is 0 Å². The molecule has 0 saturated heterocycles. The lowest BCUT2D eigenvalue weighted by atomic mass is 10.1. The Bertz CT molecular complexity index is 590. The molecule has 21 heavy (non-hydrogen) atoms. The number of amides is 1. The first-order valence-corrected chi connectivity index (χ1v) is 7.44. The maximum Gasteiger partial charge on any atom is 0.243 e. The average molecular weight is 285 g/mol. The molecule has 1 amide bonds. The van der Waals surface area contributed by atoms with Gasteiger partial charge in [-0.2, -0.15) is 0 Å². The third-order valence-electron chi connectivity index (χ3n) is 3.66. The molecule has 0 aliphatic carbocycles. The predicted octanol–water partition coefficient (Wildman–Crippen LogP) is 3.16. The van der Waals surface area contributed by atoms with Gasteiger partial charge in [-0.25, -0.2) is 0 Å². The minimum Gasteiger partial charge on any atom is -0.350 e. The van der Waals surface area contributed by atoms with E-state index in [4.69, 9.17) is 0 Å². The van der Waals surface area contributed by atoms with E-state index in [0.717, 1.165) is 29.7 Å². The molecule has 1 atom stereocenters. The van der Waals surface area contributed by atoms with E-state index < -0.39 is 0 Å². The van der Waals surface area contributed by atoms with Gasteiger partial charge >= 0.3 is 0 Å². The van der Waals surface area contributed by atoms with Crippen molar-refractivity contribution in [3.05, 3.63) is 53.6 Å². The van der Waals surface area contributed by atoms with Crippen molar-refractivity contribution < 1.29 is 4.79 Å². The monoisotopic (exact) mass is 285 g/mol. The number of hydrogen-bond acceptors (Lipinski definition) is 2. The van der Waals surface area contributed by atoms with Crippen molar-refractivity contribution in [2.75, 3.05) is 0 Å². The molecule has 0 aliphatic heterocycles. The van der Waals surface area contributed by atoms with Gasteiger partial charge in [0.2, 0.25) is 5.91 Å². The van der Waals surface area contributed by atoms with Crippen LogP contribution in [-0.4, -0.2) is 15.5 Å². The number of rotatable bonds is 6. The Morgan fingerprint density at radius 3 is 2.67 bits per heavy atom. The molecule has 0 aliphatic rings. The summed E-state index contributed by atoms with van der Waals surface area (Å²) in [4.78, 5) is 16.7. The van der Waals surface area contributed by atoms with Crippen LogP contribution in [0.5, 0.6) is 0 Å². The number of carbonyl (C=O) groups excluding carboxylic acids is 1. The Hall–Kier alpha value is -2.10. The van der Waals surface area contributed by atoms with Crippen molar-refractivity contribution in [2.24, 2.45) is 0 Å². The number of nitrogens with zero attached hydrogens (tertiary/aromatic N) is 2. The third-order valence-corrected chi connectivity index (χ3v) is 3.66. The molecule has 2 rings (SSSR count). The fourth-order valence-corrected chi connectivity index (χ4v) is 2.45. The molecule has 2 aromatic rings. The Balaban J connectivity index is 2.02. The minimum atomic E-state index is -0.135. The standard InChI is InChI=1S/C17H23N3O/c1-4-7-16(20-8-5-6-9-20)17(21)19-12-15-11-18-14(3)10-13(15)2/h5-6,8-11,16H,4,7,12H2,1-3H3,(H,19,21). The van der Waals surface area contributed by atoms with E-state index in [9.17, 15) is 4.79 Å². The molecule has 0 fully saturated rings. The van der Waals surface area contributed by atoms with Gasteiger partial charge in [0.05, 0.1) is 0 Å². The van der Waals surface area contributed by atoms with Gasteiger partial charge in [0.15, 0.2) is 0 Å². The zero-order valence-electron chi connectivity index (χ0n) is 13.0. The lowest BCUT2D eigenvalue weighted by Crippen LogP contribution is -2.32. The first-order valence-electron chi connectivity index (χ1n) is 7.44. The van der Waals surface area contributed by atoms with Crippen LogP contribution in [0.25, 0.3) is 0 Å². The lowest BCUT2D eigenvalue weighted by molar-refractivity contribution is -0.124. The summed E-state index contributed by atoms with van der Waals surface area (Å²) in [6, 6.07) is 5.80. The molecule has 0 aromatic carbocycles. The molecule has 2 aromatic heterocycles. The van der Waals surface area contributed by atoms with Gasteiger partial charge in [-0.15, -0.1) is 0 Å². The Kier molecular flexibility index (Phi) is 5.14. The van der Waals surface area contributed by atoms with Crippen LogP contribution in [0, 0.1) is 13.8 Å². The first-order chi connectivity index (χ1) is 10.1. The van der Waals surface area contributed by atoms with Crippen molar-refractivity contribution in [2.45, 2.75) is 46.2 Å². The minimum absolute atomic E-state index is 0.0630. The summed E-state index contributed by atoms with van der Waals surface area (Å²) in [6.45, 7) is 6.64. The average Bonchev–Trinajstić information content (AvgIpc) is 2.97. The molecule has 1 N–H and O–H groups in total. The molecule has 1 unspecified atom stereocenters. The second-order valence-electron chi connectivity index (χ2n) is 5.40. The molecular weight excluding hydrogens is 262 g/mol. The van der Waals surface area contributed by atoms with E-state index in [2.05, 4.69) is 17.2 Å². The summed E-state index contributed by atoms with van der Waals surface area (Å²) in [5.74, 6) is 0.0630. The number of aromatic nitrogens is 2. The molecule has 112 valence electrons. The largest absolute Gasteiger partial charge is 0.350 e. The summed E-state index contributed by atoms with van der Waals surface area (Å²) in [5.41, 5.74) is 3.23. The summed E-state index contributed by atoms with van der Waals surface area (Å²) in [7, 11) is 0. The predicted molar refractivity (Wildman–Crippen MR) is 83.9 cm³/mol. The smallest absolute Gasteiger partial charge is 0.243 e. The Morgan fingerprint density at radius 2 is 2.05 bits per heavy atom. The highest BCUT2D eigenvalue weighted by atomic mass is 16.2. The van der Waals surface area contributed by atoms with Gasteiger partial charge in [-0.05, 0) is 49.6 Å². The highest BCUT2D eigenvalue weighted by molar-refractivity contribution is 5.80. The van der Waals surface area contributed by atoms with Gasteiger partial charge in [-0.3, -0.25) is 9.78 Å². The fraction of sp³-hybridized carbons (Fsp3) is 0.412. The zero-order valence-corrected chi connectivity index (χ0v) is 13.0. The topological polar surface area (TPSA) is 46.9 Å². The maximum absolute atomic E-state index is 12.4. The molecule has 0 radical (unpaired) electrons.